The van der Waals surface area contributed by atoms with Crippen LogP contribution in [-0.4, -0.2) is 24.4 Å². The van der Waals surface area contributed by atoms with E-state index in [0.717, 1.165) is 23.0 Å². The second-order valence-electron chi connectivity index (χ2n) is 4.48. The summed E-state index contributed by atoms with van der Waals surface area (Å²) in [6, 6.07) is 9.85. The highest BCUT2D eigenvalue weighted by atomic mass is 16.3. The molecular weight excluding hydrogens is 240 g/mol. The molecule has 1 aromatic carbocycles. The van der Waals surface area contributed by atoms with Crippen LogP contribution in [-0.2, 0) is 11.2 Å². The van der Waals surface area contributed by atoms with Crippen LogP contribution in [0.5, 0.6) is 0 Å². The number of furan rings is 1. The molecule has 0 radical (unpaired) electrons. The SMILES string of the molecule is CN(CCc1coc2ccccc12)C(=O)CCC#N. The number of amides is 1. The summed E-state index contributed by atoms with van der Waals surface area (Å²) in [4.78, 5) is 13.3. The number of nitrogens with zero attached hydrogens (tertiary/aromatic N) is 2. The highest BCUT2D eigenvalue weighted by Crippen LogP contribution is 2.21. The first kappa shape index (κ1) is 13.2. The molecule has 4 heteroatoms. The molecule has 2 rings (SSSR count). The van der Waals surface area contributed by atoms with Crippen molar-refractivity contribution < 1.29 is 9.21 Å². The van der Waals surface area contributed by atoms with E-state index in [0.29, 0.717) is 13.0 Å². The van der Waals surface area contributed by atoms with E-state index in [1.165, 1.54) is 0 Å². The Morgan fingerprint density at radius 3 is 3.00 bits per heavy atom. The Hall–Kier alpha value is -2.28. The molecule has 0 bridgehead atoms. The molecule has 0 fully saturated rings. The highest BCUT2D eigenvalue weighted by molar-refractivity contribution is 5.81. The number of hydrogen-bond donors (Lipinski definition) is 0. The van der Waals surface area contributed by atoms with E-state index < -0.39 is 0 Å². The van der Waals surface area contributed by atoms with Gasteiger partial charge >= 0.3 is 0 Å². The van der Waals surface area contributed by atoms with Crippen molar-refractivity contribution in [2.75, 3.05) is 13.6 Å². The second-order valence-corrected chi connectivity index (χ2v) is 4.48. The number of rotatable bonds is 5. The highest BCUT2D eigenvalue weighted by Gasteiger charge is 2.10. The van der Waals surface area contributed by atoms with Gasteiger partial charge in [0.05, 0.1) is 12.3 Å². The van der Waals surface area contributed by atoms with Gasteiger partial charge in [-0.3, -0.25) is 4.79 Å². The first-order valence-corrected chi connectivity index (χ1v) is 6.28. The number of nitriles is 1. The van der Waals surface area contributed by atoms with Gasteiger partial charge in [-0.15, -0.1) is 0 Å². The molecule has 0 spiro atoms. The summed E-state index contributed by atoms with van der Waals surface area (Å²) in [5.41, 5.74) is 1.98. The fourth-order valence-electron chi connectivity index (χ4n) is 1.99. The number of hydrogen-bond acceptors (Lipinski definition) is 3. The summed E-state index contributed by atoms with van der Waals surface area (Å²) in [6.07, 6.45) is 3.07. The predicted molar refractivity (Wildman–Crippen MR) is 72.4 cm³/mol. The van der Waals surface area contributed by atoms with Crippen molar-refractivity contribution in [2.45, 2.75) is 19.3 Å². The van der Waals surface area contributed by atoms with Gasteiger partial charge < -0.3 is 9.32 Å². The van der Waals surface area contributed by atoms with Gasteiger partial charge in [0.2, 0.25) is 5.91 Å². The van der Waals surface area contributed by atoms with Gasteiger partial charge in [-0.2, -0.15) is 5.26 Å². The number of fused-ring (bicyclic) bond motifs is 1. The number of likely N-dealkylation sites (N-methyl/N-ethyl adjacent to an activating group) is 1. The molecule has 4 nitrogen and oxygen atoms in total. The quantitative estimate of drug-likeness (QED) is 0.826. The predicted octanol–water partition coefficient (Wildman–Crippen LogP) is 2.74. The molecular formula is C15H16N2O2. The molecule has 2 aromatic rings. The van der Waals surface area contributed by atoms with E-state index in [2.05, 4.69) is 0 Å². The van der Waals surface area contributed by atoms with Gasteiger partial charge in [-0.1, -0.05) is 18.2 Å². The molecule has 0 N–H and O–H groups in total. The van der Waals surface area contributed by atoms with Crippen LogP contribution < -0.4 is 0 Å². The minimum atomic E-state index is 0.00866. The van der Waals surface area contributed by atoms with Crippen molar-refractivity contribution in [1.29, 1.82) is 5.26 Å². The monoisotopic (exact) mass is 256 g/mol. The Morgan fingerprint density at radius 2 is 2.21 bits per heavy atom. The third-order valence-corrected chi connectivity index (χ3v) is 3.15. The van der Waals surface area contributed by atoms with Crippen molar-refractivity contribution in [2.24, 2.45) is 0 Å². The van der Waals surface area contributed by atoms with Crippen LogP contribution in [0.2, 0.25) is 0 Å². The molecule has 0 aliphatic carbocycles. The number of carbonyl (C=O) groups excluding carboxylic acids is 1. The van der Waals surface area contributed by atoms with E-state index in [9.17, 15) is 4.79 Å². The maximum absolute atomic E-state index is 11.7. The van der Waals surface area contributed by atoms with Gasteiger partial charge in [0.15, 0.2) is 0 Å². The molecule has 0 atom stereocenters. The fourth-order valence-corrected chi connectivity index (χ4v) is 1.99. The third-order valence-electron chi connectivity index (χ3n) is 3.15. The Labute approximate surface area is 112 Å². The minimum absolute atomic E-state index is 0.00866. The maximum atomic E-state index is 11.7. The zero-order chi connectivity index (χ0) is 13.7. The zero-order valence-electron chi connectivity index (χ0n) is 10.9. The average molecular weight is 256 g/mol. The molecule has 19 heavy (non-hydrogen) atoms. The third kappa shape index (κ3) is 3.14. The summed E-state index contributed by atoms with van der Waals surface area (Å²) >= 11 is 0. The summed E-state index contributed by atoms with van der Waals surface area (Å²) in [5, 5.41) is 9.56. The van der Waals surface area contributed by atoms with E-state index in [1.54, 1.807) is 18.2 Å². The van der Waals surface area contributed by atoms with E-state index in [-0.39, 0.29) is 12.3 Å². The van der Waals surface area contributed by atoms with Crippen molar-refractivity contribution in [3.8, 4) is 6.07 Å². The lowest BCUT2D eigenvalue weighted by atomic mass is 10.1. The van der Waals surface area contributed by atoms with Crippen molar-refractivity contribution in [1.82, 2.24) is 4.90 Å². The number of para-hydroxylation sites is 1. The maximum Gasteiger partial charge on any atom is 0.223 e. The van der Waals surface area contributed by atoms with E-state index in [1.807, 2.05) is 30.3 Å². The topological polar surface area (TPSA) is 57.2 Å². The van der Waals surface area contributed by atoms with Crippen molar-refractivity contribution >= 4 is 16.9 Å². The van der Waals surface area contributed by atoms with Crippen molar-refractivity contribution in [3.63, 3.8) is 0 Å². The Balaban J connectivity index is 1.95. The minimum Gasteiger partial charge on any atom is -0.464 e. The average Bonchev–Trinajstić information content (AvgIpc) is 2.85. The van der Waals surface area contributed by atoms with Crippen LogP contribution in [0.3, 0.4) is 0 Å². The standard InChI is InChI=1S/C15H16N2O2/c1-17(15(18)7-4-9-16)10-8-12-11-19-14-6-3-2-5-13(12)14/h2-3,5-6,11H,4,7-8,10H2,1H3. The lowest BCUT2D eigenvalue weighted by Gasteiger charge is -2.15. The lowest BCUT2D eigenvalue weighted by molar-refractivity contribution is -0.129. The molecule has 0 aliphatic rings. The largest absolute Gasteiger partial charge is 0.464 e. The summed E-state index contributed by atoms with van der Waals surface area (Å²) in [7, 11) is 1.77. The molecule has 0 saturated heterocycles. The lowest BCUT2D eigenvalue weighted by Crippen LogP contribution is -2.28. The van der Waals surface area contributed by atoms with Crippen LogP contribution in [0.4, 0.5) is 0 Å². The Bertz CT molecular complexity index is 610. The fraction of sp³-hybridized carbons (Fsp3) is 0.333. The van der Waals surface area contributed by atoms with Crippen LogP contribution in [0, 0.1) is 11.3 Å². The molecule has 0 aliphatic heterocycles. The molecule has 1 heterocycles. The van der Waals surface area contributed by atoms with Gasteiger partial charge in [-0.05, 0) is 18.1 Å². The molecule has 0 unspecified atom stereocenters. The van der Waals surface area contributed by atoms with Gasteiger partial charge in [0, 0.05) is 31.8 Å². The molecule has 0 saturated carbocycles. The normalized spacial score (nSPS) is 10.3. The Kier molecular flexibility index (Phi) is 4.19. The second kappa shape index (κ2) is 6.05. The van der Waals surface area contributed by atoms with Crippen LogP contribution in [0.25, 0.3) is 11.0 Å². The van der Waals surface area contributed by atoms with Crippen LogP contribution in [0.15, 0.2) is 34.9 Å². The smallest absolute Gasteiger partial charge is 0.223 e. The summed E-state index contributed by atoms with van der Waals surface area (Å²) in [5.74, 6) is 0.00866. The van der Waals surface area contributed by atoms with Crippen LogP contribution >= 0.6 is 0 Å². The zero-order valence-corrected chi connectivity index (χ0v) is 10.9. The van der Waals surface area contributed by atoms with Gasteiger partial charge in [-0.25, -0.2) is 0 Å². The first-order chi connectivity index (χ1) is 9.22. The number of carbonyl (C=O) groups is 1. The summed E-state index contributed by atoms with van der Waals surface area (Å²) < 4.78 is 5.46. The van der Waals surface area contributed by atoms with Crippen LogP contribution in [0.1, 0.15) is 18.4 Å². The molecule has 1 aromatic heterocycles. The Morgan fingerprint density at radius 1 is 1.42 bits per heavy atom. The summed E-state index contributed by atoms with van der Waals surface area (Å²) in [6.45, 7) is 0.633. The first-order valence-electron chi connectivity index (χ1n) is 6.28. The van der Waals surface area contributed by atoms with E-state index >= 15 is 0 Å². The van der Waals surface area contributed by atoms with Crippen molar-refractivity contribution in [3.05, 3.63) is 36.1 Å². The molecule has 1 amide bonds. The molecule has 98 valence electrons. The van der Waals surface area contributed by atoms with Gasteiger partial charge in [0.1, 0.15) is 5.58 Å². The van der Waals surface area contributed by atoms with E-state index in [4.69, 9.17) is 9.68 Å². The van der Waals surface area contributed by atoms with Gasteiger partial charge in [0.25, 0.3) is 0 Å². The number of benzene rings is 1.